The summed E-state index contributed by atoms with van der Waals surface area (Å²) in [6.45, 7) is 0.340. The van der Waals surface area contributed by atoms with Crippen molar-refractivity contribution in [3.63, 3.8) is 0 Å². The van der Waals surface area contributed by atoms with E-state index < -0.39 is 4.92 Å². The Balaban J connectivity index is 3.05. The number of rotatable bonds is 4. The Morgan fingerprint density at radius 2 is 2.33 bits per heavy atom. The Morgan fingerprint density at radius 1 is 1.60 bits per heavy atom. The van der Waals surface area contributed by atoms with Gasteiger partial charge in [-0.1, -0.05) is 15.9 Å². The summed E-state index contributed by atoms with van der Waals surface area (Å²) in [4.78, 5) is 10.1. The largest absolute Gasteiger partial charge is 0.486 e. The summed E-state index contributed by atoms with van der Waals surface area (Å²) in [5, 5.41) is 19.8. The minimum Gasteiger partial charge on any atom is -0.486 e. The molecule has 0 aliphatic carbocycles. The van der Waals surface area contributed by atoms with Crippen LogP contribution in [0.25, 0.3) is 0 Å². The van der Waals surface area contributed by atoms with E-state index >= 15 is 0 Å². The molecule has 6 heteroatoms. The lowest BCUT2D eigenvalue weighted by atomic mass is 10.2. The van der Waals surface area contributed by atoms with Crippen molar-refractivity contribution in [1.82, 2.24) is 0 Å². The van der Waals surface area contributed by atoms with Crippen LogP contribution in [0, 0.1) is 21.4 Å². The number of ether oxygens (including phenoxy) is 1. The number of nitro groups is 1. The number of halogens is 1. The average Bonchev–Trinajstić information content (AvgIpc) is 2.26. The van der Waals surface area contributed by atoms with Crippen LogP contribution < -0.4 is 4.74 Å². The van der Waals surface area contributed by atoms with Crippen molar-refractivity contribution >= 4 is 21.6 Å². The third kappa shape index (κ3) is 2.92. The molecule has 0 saturated carbocycles. The highest BCUT2D eigenvalue weighted by atomic mass is 79.9. The molecule has 0 aliphatic rings. The van der Waals surface area contributed by atoms with Gasteiger partial charge in [-0.2, -0.15) is 5.26 Å². The van der Waals surface area contributed by atoms with Gasteiger partial charge in [0.1, 0.15) is 0 Å². The molecule has 0 fully saturated rings. The third-order valence-corrected chi connectivity index (χ3v) is 1.94. The van der Waals surface area contributed by atoms with E-state index in [1.54, 1.807) is 0 Å². The Labute approximate surface area is 94.6 Å². The first-order valence-corrected chi connectivity index (χ1v) is 5.18. The smallest absolute Gasteiger partial charge is 0.312 e. The SMILES string of the molecule is N#Cc1ccc(OCCBr)c([N+](=O)[O-])c1. The molecule has 1 rings (SSSR count). The number of hydrogen-bond acceptors (Lipinski definition) is 4. The van der Waals surface area contributed by atoms with E-state index in [-0.39, 0.29) is 17.0 Å². The van der Waals surface area contributed by atoms with Crippen LogP contribution >= 0.6 is 15.9 Å². The number of nitrogens with zero attached hydrogens (tertiary/aromatic N) is 2. The molecule has 0 N–H and O–H groups in total. The zero-order valence-electron chi connectivity index (χ0n) is 7.64. The molecule has 15 heavy (non-hydrogen) atoms. The number of alkyl halides is 1. The van der Waals surface area contributed by atoms with E-state index in [0.29, 0.717) is 11.9 Å². The molecule has 0 radical (unpaired) electrons. The van der Waals surface area contributed by atoms with Crippen molar-refractivity contribution in [2.75, 3.05) is 11.9 Å². The van der Waals surface area contributed by atoms with Gasteiger partial charge in [0.2, 0.25) is 0 Å². The fourth-order valence-corrected chi connectivity index (χ4v) is 1.16. The highest BCUT2D eigenvalue weighted by Crippen LogP contribution is 2.27. The molecule has 0 unspecified atom stereocenters. The molecule has 0 saturated heterocycles. The summed E-state index contributed by atoms with van der Waals surface area (Å²) in [5.74, 6) is 0.179. The molecule has 0 aromatic heterocycles. The van der Waals surface area contributed by atoms with Crippen molar-refractivity contribution in [3.05, 3.63) is 33.9 Å². The highest BCUT2D eigenvalue weighted by molar-refractivity contribution is 9.09. The molecule has 0 atom stereocenters. The average molecular weight is 271 g/mol. The minimum atomic E-state index is -0.565. The van der Waals surface area contributed by atoms with Gasteiger partial charge >= 0.3 is 5.69 Å². The maximum Gasteiger partial charge on any atom is 0.312 e. The van der Waals surface area contributed by atoms with Crippen LogP contribution in [0.1, 0.15) is 5.56 Å². The Hall–Kier alpha value is -1.61. The molecule has 5 nitrogen and oxygen atoms in total. The fourth-order valence-electron chi connectivity index (χ4n) is 1.00. The van der Waals surface area contributed by atoms with Gasteiger partial charge in [0.15, 0.2) is 5.75 Å². The predicted molar refractivity (Wildman–Crippen MR) is 57.1 cm³/mol. The summed E-state index contributed by atoms with van der Waals surface area (Å²) in [5.41, 5.74) is 0.0582. The van der Waals surface area contributed by atoms with Crippen LogP contribution in [-0.4, -0.2) is 16.9 Å². The normalized spacial score (nSPS) is 9.33. The first kappa shape index (κ1) is 11.5. The number of nitriles is 1. The van der Waals surface area contributed by atoms with E-state index in [1.807, 2.05) is 6.07 Å². The molecule has 0 heterocycles. The van der Waals surface area contributed by atoms with Crippen molar-refractivity contribution in [1.29, 1.82) is 5.26 Å². The predicted octanol–water partition coefficient (Wildman–Crippen LogP) is 2.24. The lowest BCUT2D eigenvalue weighted by Crippen LogP contribution is -2.01. The van der Waals surface area contributed by atoms with Gasteiger partial charge in [0.25, 0.3) is 0 Å². The van der Waals surface area contributed by atoms with Crippen molar-refractivity contribution in [2.45, 2.75) is 0 Å². The first-order chi connectivity index (χ1) is 7.19. The Bertz CT molecular complexity index is 414. The summed E-state index contributed by atoms with van der Waals surface area (Å²) in [6.07, 6.45) is 0. The van der Waals surface area contributed by atoms with Crippen LogP contribution in [0.5, 0.6) is 5.75 Å². The molecule has 0 amide bonds. The quantitative estimate of drug-likeness (QED) is 0.478. The number of hydrogen-bond donors (Lipinski definition) is 0. The monoisotopic (exact) mass is 270 g/mol. The second-order valence-corrected chi connectivity index (χ2v) is 3.38. The van der Waals surface area contributed by atoms with E-state index in [1.165, 1.54) is 18.2 Å². The van der Waals surface area contributed by atoms with Crippen LogP contribution in [0.15, 0.2) is 18.2 Å². The van der Waals surface area contributed by atoms with Crippen LogP contribution in [0.2, 0.25) is 0 Å². The van der Waals surface area contributed by atoms with Gasteiger partial charge < -0.3 is 4.74 Å². The van der Waals surface area contributed by atoms with Gasteiger partial charge in [-0.05, 0) is 12.1 Å². The molecule has 1 aromatic rings. The fraction of sp³-hybridized carbons (Fsp3) is 0.222. The van der Waals surface area contributed by atoms with Crippen LogP contribution in [0.4, 0.5) is 5.69 Å². The Kier molecular flexibility index (Phi) is 4.06. The first-order valence-electron chi connectivity index (χ1n) is 4.06. The van der Waals surface area contributed by atoms with Crippen molar-refractivity contribution < 1.29 is 9.66 Å². The molecule has 0 spiro atoms. The van der Waals surface area contributed by atoms with Crippen LogP contribution in [-0.2, 0) is 0 Å². The lowest BCUT2D eigenvalue weighted by molar-refractivity contribution is -0.385. The zero-order valence-corrected chi connectivity index (χ0v) is 9.23. The molecule has 78 valence electrons. The van der Waals surface area contributed by atoms with E-state index in [2.05, 4.69) is 15.9 Å². The topological polar surface area (TPSA) is 76.2 Å². The summed E-state index contributed by atoms with van der Waals surface area (Å²) in [7, 11) is 0. The zero-order chi connectivity index (χ0) is 11.3. The Morgan fingerprint density at radius 3 is 2.87 bits per heavy atom. The van der Waals surface area contributed by atoms with Gasteiger partial charge in [0, 0.05) is 11.4 Å². The second-order valence-electron chi connectivity index (χ2n) is 2.59. The minimum absolute atomic E-state index is 0.179. The maximum atomic E-state index is 10.7. The highest BCUT2D eigenvalue weighted by Gasteiger charge is 2.15. The molecular formula is C9H7BrN2O3. The lowest BCUT2D eigenvalue weighted by Gasteiger charge is -2.04. The van der Waals surface area contributed by atoms with Gasteiger partial charge in [-0.3, -0.25) is 10.1 Å². The molecule has 0 bridgehead atoms. The van der Waals surface area contributed by atoms with Gasteiger partial charge in [0.05, 0.1) is 23.2 Å². The molecule has 0 aliphatic heterocycles. The van der Waals surface area contributed by atoms with E-state index in [0.717, 1.165) is 0 Å². The van der Waals surface area contributed by atoms with Gasteiger partial charge in [-0.25, -0.2) is 0 Å². The summed E-state index contributed by atoms with van der Waals surface area (Å²) < 4.78 is 5.15. The summed E-state index contributed by atoms with van der Waals surface area (Å²) in [6, 6.07) is 5.95. The maximum absolute atomic E-state index is 10.7. The summed E-state index contributed by atoms with van der Waals surface area (Å²) >= 11 is 3.15. The number of benzene rings is 1. The molecule has 1 aromatic carbocycles. The standard InChI is InChI=1S/C9H7BrN2O3/c10-3-4-15-9-2-1-7(6-11)5-8(9)12(13)14/h1-2,5H,3-4H2. The van der Waals surface area contributed by atoms with E-state index in [4.69, 9.17) is 10.00 Å². The van der Waals surface area contributed by atoms with E-state index in [9.17, 15) is 10.1 Å². The second kappa shape index (κ2) is 5.32. The number of nitro benzene ring substituents is 1. The molecular weight excluding hydrogens is 264 g/mol. The van der Waals surface area contributed by atoms with Crippen molar-refractivity contribution in [3.8, 4) is 11.8 Å². The van der Waals surface area contributed by atoms with Crippen molar-refractivity contribution in [2.24, 2.45) is 0 Å². The van der Waals surface area contributed by atoms with Crippen LogP contribution in [0.3, 0.4) is 0 Å². The third-order valence-electron chi connectivity index (χ3n) is 1.62. The van der Waals surface area contributed by atoms with Gasteiger partial charge in [-0.15, -0.1) is 0 Å².